The number of rotatable bonds is 13. The number of hydrogen-bond acceptors (Lipinski definition) is 5. The number of hydrogen-bond donors (Lipinski definition) is 4. The Morgan fingerprint density at radius 2 is 1.39 bits per heavy atom. The van der Waals surface area contributed by atoms with Crippen LogP contribution in [0.4, 0.5) is 0 Å². The minimum absolute atomic E-state index is 0.207. The van der Waals surface area contributed by atoms with Crippen molar-refractivity contribution in [2.45, 2.75) is 56.3 Å². The van der Waals surface area contributed by atoms with Crippen molar-refractivity contribution in [3.8, 4) is 5.75 Å². The standard InChI is InChI=1S/C30H38N2O4/c1-22(33)28(32-27(34)16-10-5-11-21-31)29(35)30(23-12-6-3-7-13-23,24-14-8-4-9-15-24)25-17-19-26(36-2)20-18-25/h3-4,6-9,12-15,17-20,22,28-29,33,35H,5,10-11,16,21,31H2,1-2H3,(H,32,34)/t22-,28+,29?/m0/s1. The summed E-state index contributed by atoms with van der Waals surface area (Å²) in [5, 5.41) is 26.0. The molecule has 0 aliphatic carbocycles. The van der Waals surface area contributed by atoms with E-state index in [0.717, 1.165) is 29.5 Å². The van der Waals surface area contributed by atoms with Crippen LogP contribution in [0.1, 0.15) is 49.3 Å². The van der Waals surface area contributed by atoms with Gasteiger partial charge in [0.1, 0.15) is 5.75 Å². The van der Waals surface area contributed by atoms with Crippen LogP contribution < -0.4 is 15.8 Å². The molecule has 5 N–H and O–H groups in total. The van der Waals surface area contributed by atoms with Crippen molar-refractivity contribution in [2.75, 3.05) is 13.7 Å². The zero-order chi connectivity index (χ0) is 26.0. The summed E-state index contributed by atoms with van der Waals surface area (Å²) in [7, 11) is 1.61. The quantitative estimate of drug-likeness (QED) is 0.216. The highest BCUT2D eigenvalue weighted by Gasteiger charge is 2.48. The molecule has 0 radical (unpaired) electrons. The number of methoxy groups -OCH3 is 1. The van der Waals surface area contributed by atoms with Gasteiger partial charge in [0.25, 0.3) is 0 Å². The fourth-order valence-electron chi connectivity index (χ4n) is 4.87. The van der Waals surface area contributed by atoms with Gasteiger partial charge in [-0.15, -0.1) is 0 Å². The molecule has 36 heavy (non-hydrogen) atoms. The van der Waals surface area contributed by atoms with E-state index >= 15 is 0 Å². The zero-order valence-corrected chi connectivity index (χ0v) is 21.1. The van der Waals surface area contributed by atoms with Crippen molar-refractivity contribution in [2.24, 2.45) is 5.73 Å². The van der Waals surface area contributed by atoms with Crippen molar-refractivity contribution in [3.63, 3.8) is 0 Å². The third-order valence-electron chi connectivity index (χ3n) is 6.74. The molecule has 0 aliphatic heterocycles. The minimum atomic E-state index is -1.19. The van der Waals surface area contributed by atoms with Crippen LogP contribution >= 0.6 is 0 Å². The first kappa shape index (κ1) is 27.4. The summed E-state index contributed by atoms with van der Waals surface area (Å²) < 4.78 is 5.38. The molecule has 0 bridgehead atoms. The summed E-state index contributed by atoms with van der Waals surface area (Å²) in [6.07, 6.45) is 0.532. The Bertz CT molecular complexity index is 1020. The fourth-order valence-corrected chi connectivity index (χ4v) is 4.87. The highest BCUT2D eigenvalue weighted by Crippen LogP contribution is 2.44. The third-order valence-corrected chi connectivity index (χ3v) is 6.74. The lowest BCUT2D eigenvalue weighted by atomic mass is 9.63. The molecule has 3 aromatic carbocycles. The maximum atomic E-state index is 12.9. The number of unbranched alkanes of at least 4 members (excludes halogenated alkanes) is 2. The van der Waals surface area contributed by atoms with Crippen LogP contribution in [-0.2, 0) is 10.2 Å². The Hall–Kier alpha value is -3.19. The molecule has 0 aliphatic rings. The molecule has 0 heterocycles. The molecule has 0 saturated carbocycles. The topological polar surface area (TPSA) is 105 Å². The molecule has 3 aromatic rings. The highest BCUT2D eigenvalue weighted by molar-refractivity contribution is 5.76. The van der Waals surface area contributed by atoms with Gasteiger partial charge in [0.05, 0.1) is 30.8 Å². The van der Waals surface area contributed by atoms with Gasteiger partial charge in [-0.25, -0.2) is 0 Å². The summed E-state index contributed by atoms with van der Waals surface area (Å²) in [5.74, 6) is 0.489. The Morgan fingerprint density at radius 3 is 1.86 bits per heavy atom. The molecule has 0 fully saturated rings. The molecule has 192 valence electrons. The summed E-state index contributed by atoms with van der Waals surface area (Å²) >= 11 is 0. The van der Waals surface area contributed by atoms with Crippen LogP contribution in [0.3, 0.4) is 0 Å². The van der Waals surface area contributed by atoms with Gasteiger partial charge >= 0.3 is 0 Å². The Labute approximate surface area is 214 Å². The third kappa shape index (κ3) is 6.13. The summed E-state index contributed by atoms with van der Waals surface area (Å²) in [4.78, 5) is 12.9. The van der Waals surface area contributed by atoms with E-state index in [4.69, 9.17) is 10.5 Å². The first-order valence-electron chi connectivity index (χ1n) is 12.6. The van der Waals surface area contributed by atoms with Gasteiger partial charge in [0.15, 0.2) is 0 Å². The van der Waals surface area contributed by atoms with Gasteiger partial charge in [-0.2, -0.15) is 0 Å². The molecule has 0 spiro atoms. The van der Waals surface area contributed by atoms with Gasteiger partial charge in [-0.1, -0.05) is 79.2 Å². The molecular formula is C30H38N2O4. The van der Waals surface area contributed by atoms with Crippen molar-refractivity contribution >= 4 is 5.91 Å². The Balaban J connectivity index is 2.14. The van der Waals surface area contributed by atoms with Crippen LogP contribution in [0.25, 0.3) is 0 Å². The average molecular weight is 491 g/mol. The number of ether oxygens (including phenoxy) is 1. The number of aliphatic hydroxyl groups is 2. The van der Waals surface area contributed by atoms with E-state index in [2.05, 4.69) is 5.32 Å². The molecule has 0 saturated heterocycles. The lowest BCUT2D eigenvalue weighted by Crippen LogP contribution is -2.58. The maximum absolute atomic E-state index is 12.9. The number of benzene rings is 3. The van der Waals surface area contributed by atoms with Crippen LogP contribution in [-0.4, -0.2) is 48.0 Å². The number of nitrogens with one attached hydrogen (secondary N) is 1. The number of carbonyl (C=O) groups excluding carboxylic acids is 1. The second kappa shape index (κ2) is 13.2. The van der Waals surface area contributed by atoms with E-state index in [1.165, 1.54) is 0 Å². The minimum Gasteiger partial charge on any atom is -0.497 e. The predicted molar refractivity (Wildman–Crippen MR) is 143 cm³/mol. The summed E-state index contributed by atoms with van der Waals surface area (Å²) in [5.41, 5.74) is 6.99. The van der Waals surface area contributed by atoms with E-state index < -0.39 is 23.7 Å². The molecular weight excluding hydrogens is 452 g/mol. The average Bonchev–Trinajstić information content (AvgIpc) is 2.91. The number of carbonyl (C=O) groups is 1. The van der Waals surface area contributed by atoms with Crippen molar-refractivity contribution < 1.29 is 19.7 Å². The van der Waals surface area contributed by atoms with Crippen LogP contribution in [0.2, 0.25) is 0 Å². The van der Waals surface area contributed by atoms with Gasteiger partial charge < -0.3 is 26.0 Å². The number of amides is 1. The largest absolute Gasteiger partial charge is 0.497 e. The van der Waals surface area contributed by atoms with E-state index in [1.54, 1.807) is 14.0 Å². The second-order valence-corrected chi connectivity index (χ2v) is 9.15. The monoisotopic (exact) mass is 490 g/mol. The molecule has 6 heteroatoms. The van der Waals surface area contributed by atoms with Gasteiger partial charge in [-0.3, -0.25) is 4.79 Å². The van der Waals surface area contributed by atoms with Gasteiger partial charge in [0, 0.05) is 6.42 Å². The van der Waals surface area contributed by atoms with Crippen LogP contribution in [0.5, 0.6) is 5.75 Å². The van der Waals surface area contributed by atoms with E-state index in [1.807, 2.05) is 84.9 Å². The highest BCUT2D eigenvalue weighted by atomic mass is 16.5. The first-order valence-corrected chi connectivity index (χ1v) is 12.6. The number of nitrogens with two attached hydrogens (primary N) is 1. The predicted octanol–water partition coefficient (Wildman–Crippen LogP) is 3.78. The van der Waals surface area contributed by atoms with E-state index in [-0.39, 0.29) is 5.91 Å². The summed E-state index contributed by atoms with van der Waals surface area (Å²) in [6.45, 7) is 2.19. The smallest absolute Gasteiger partial charge is 0.220 e. The molecule has 3 atom stereocenters. The van der Waals surface area contributed by atoms with Crippen molar-refractivity contribution in [3.05, 3.63) is 102 Å². The summed E-state index contributed by atoms with van der Waals surface area (Å²) in [6, 6.07) is 26.1. The molecule has 0 aromatic heterocycles. The maximum Gasteiger partial charge on any atom is 0.220 e. The first-order chi connectivity index (χ1) is 17.4. The normalized spacial score (nSPS) is 14.0. The lowest BCUT2D eigenvalue weighted by Gasteiger charge is -2.44. The number of aliphatic hydroxyl groups excluding tert-OH is 2. The van der Waals surface area contributed by atoms with E-state index in [9.17, 15) is 15.0 Å². The molecule has 1 amide bonds. The lowest BCUT2D eigenvalue weighted by molar-refractivity contribution is -0.124. The Kier molecular flexibility index (Phi) is 10.1. The molecule has 3 rings (SSSR count). The van der Waals surface area contributed by atoms with Crippen molar-refractivity contribution in [1.29, 1.82) is 0 Å². The van der Waals surface area contributed by atoms with Gasteiger partial charge in [-0.05, 0) is 55.1 Å². The van der Waals surface area contributed by atoms with Gasteiger partial charge in [0.2, 0.25) is 5.91 Å². The zero-order valence-electron chi connectivity index (χ0n) is 21.1. The SMILES string of the molecule is COc1ccc(C(c2ccccc2)(c2ccccc2)C(O)[C@H](NC(=O)CCCCCN)[C@H](C)O)cc1. The van der Waals surface area contributed by atoms with Crippen LogP contribution in [0.15, 0.2) is 84.9 Å². The Morgan fingerprint density at radius 1 is 0.861 bits per heavy atom. The van der Waals surface area contributed by atoms with E-state index in [0.29, 0.717) is 25.1 Å². The molecule has 6 nitrogen and oxygen atoms in total. The fraction of sp³-hybridized carbons (Fsp3) is 0.367. The second-order valence-electron chi connectivity index (χ2n) is 9.15. The van der Waals surface area contributed by atoms with Crippen molar-refractivity contribution in [1.82, 2.24) is 5.32 Å². The van der Waals surface area contributed by atoms with Crippen LogP contribution in [0, 0.1) is 0 Å². The molecule has 1 unspecified atom stereocenters.